The summed E-state index contributed by atoms with van der Waals surface area (Å²) in [6, 6.07) is 25.8. The number of carbonyl (C=O) groups excluding carboxylic acids is 2. The van der Waals surface area contributed by atoms with E-state index in [1.165, 1.54) is 0 Å². The number of pyridine rings is 1. The van der Waals surface area contributed by atoms with Crippen LogP contribution in [0.25, 0.3) is 11.1 Å². The van der Waals surface area contributed by atoms with E-state index in [1.54, 1.807) is 36.3 Å². The molecule has 0 spiro atoms. The molecule has 3 aromatic carbocycles. The van der Waals surface area contributed by atoms with Crippen molar-refractivity contribution in [3.05, 3.63) is 119 Å². The average molecular weight is 565 g/mol. The van der Waals surface area contributed by atoms with Gasteiger partial charge in [-0.3, -0.25) is 15.2 Å². The summed E-state index contributed by atoms with van der Waals surface area (Å²) in [5.74, 6) is -0.545. The van der Waals surface area contributed by atoms with E-state index < -0.39 is 5.97 Å². The summed E-state index contributed by atoms with van der Waals surface area (Å²) < 4.78 is 11.0. The van der Waals surface area contributed by atoms with E-state index in [0.717, 1.165) is 28.9 Å². The smallest absolute Gasteiger partial charge is 0.339 e. The normalized spacial score (nSPS) is 10.5. The van der Waals surface area contributed by atoms with Crippen LogP contribution in [0.15, 0.2) is 91.1 Å². The van der Waals surface area contributed by atoms with Gasteiger partial charge in [0.25, 0.3) is 5.91 Å². The van der Waals surface area contributed by atoms with Crippen LogP contribution in [0, 0.1) is 5.41 Å². The Hall–Kier alpha value is -4.98. The number of esters is 1. The van der Waals surface area contributed by atoms with Crippen molar-refractivity contribution in [1.29, 1.82) is 5.41 Å². The Morgan fingerprint density at radius 2 is 1.62 bits per heavy atom. The number of amides is 1. The Morgan fingerprint density at radius 1 is 0.881 bits per heavy atom. The van der Waals surface area contributed by atoms with Crippen molar-refractivity contribution < 1.29 is 19.1 Å². The molecule has 0 fully saturated rings. The van der Waals surface area contributed by atoms with Gasteiger partial charge in [0.1, 0.15) is 6.61 Å². The van der Waals surface area contributed by atoms with E-state index >= 15 is 0 Å². The third kappa shape index (κ3) is 7.60. The van der Waals surface area contributed by atoms with Crippen LogP contribution in [0.1, 0.15) is 57.8 Å². The van der Waals surface area contributed by atoms with Gasteiger partial charge < -0.3 is 19.7 Å². The highest BCUT2D eigenvalue weighted by Gasteiger charge is 2.21. The molecule has 0 atom stereocenters. The van der Waals surface area contributed by atoms with Crippen molar-refractivity contribution in [2.24, 2.45) is 0 Å². The maximum atomic E-state index is 13.5. The van der Waals surface area contributed by atoms with Crippen molar-refractivity contribution in [1.82, 2.24) is 9.88 Å². The average Bonchev–Trinajstić information content (AvgIpc) is 3.03. The highest BCUT2D eigenvalue weighted by Crippen LogP contribution is 2.29. The Kier molecular flexibility index (Phi) is 10.4. The zero-order valence-corrected chi connectivity index (χ0v) is 24.2. The molecule has 0 radical (unpaired) electrons. The summed E-state index contributed by atoms with van der Waals surface area (Å²) in [6.07, 6.45) is 2.54. The minimum Gasteiger partial charge on any atom is -0.478 e. The number of hydrogen-bond acceptors (Lipinski definition) is 7. The summed E-state index contributed by atoms with van der Waals surface area (Å²) in [5.41, 5.74) is 5.25. The minimum absolute atomic E-state index is 0.116. The lowest BCUT2D eigenvalue weighted by Crippen LogP contribution is -2.27. The third-order valence-corrected chi connectivity index (χ3v) is 6.68. The molecular formula is C34H36N4O4. The van der Waals surface area contributed by atoms with Gasteiger partial charge in [0.2, 0.25) is 5.90 Å². The SMILES string of the molecule is CCCN(C)C(=O)c1ccc(-c2cccnc2CNc2ccc(C(=N)OCC)cc2)c(C(=O)OCc2ccccc2)c1. The van der Waals surface area contributed by atoms with Crippen LogP contribution in [0.2, 0.25) is 0 Å². The predicted molar refractivity (Wildman–Crippen MR) is 165 cm³/mol. The molecule has 0 bridgehead atoms. The molecule has 0 aliphatic rings. The summed E-state index contributed by atoms with van der Waals surface area (Å²) >= 11 is 0. The molecule has 2 N–H and O–H groups in total. The fraction of sp³-hybridized carbons (Fsp3) is 0.235. The number of carbonyl (C=O) groups is 2. The van der Waals surface area contributed by atoms with Crippen LogP contribution in [0.4, 0.5) is 5.69 Å². The molecule has 4 rings (SSSR count). The largest absolute Gasteiger partial charge is 0.478 e. The van der Waals surface area contributed by atoms with E-state index in [9.17, 15) is 9.59 Å². The Morgan fingerprint density at radius 3 is 2.33 bits per heavy atom. The molecule has 0 unspecified atom stereocenters. The summed E-state index contributed by atoms with van der Waals surface area (Å²) in [7, 11) is 1.75. The molecule has 216 valence electrons. The van der Waals surface area contributed by atoms with Crippen molar-refractivity contribution in [2.45, 2.75) is 33.4 Å². The lowest BCUT2D eigenvalue weighted by Gasteiger charge is -2.18. The quantitative estimate of drug-likeness (QED) is 0.115. The predicted octanol–water partition coefficient (Wildman–Crippen LogP) is 6.56. The Balaban J connectivity index is 1.63. The van der Waals surface area contributed by atoms with Gasteiger partial charge in [-0.05, 0) is 66.9 Å². The number of benzene rings is 3. The van der Waals surface area contributed by atoms with E-state index in [-0.39, 0.29) is 18.4 Å². The lowest BCUT2D eigenvalue weighted by molar-refractivity contribution is 0.0473. The van der Waals surface area contributed by atoms with Crippen LogP contribution < -0.4 is 5.32 Å². The molecule has 0 saturated carbocycles. The fourth-order valence-electron chi connectivity index (χ4n) is 4.52. The molecule has 0 aliphatic carbocycles. The second-order valence-electron chi connectivity index (χ2n) is 9.74. The van der Waals surface area contributed by atoms with Crippen LogP contribution >= 0.6 is 0 Å². The van der Waals surface area contributed by atoms with E-state index in [1.807, 2.05) is 80.6 Å². The van der Waals surface area contributed by atoms with Gasteiger partial charge in [0.15, 0.2) is 0 Å². The first-order valence-corrected chi connectivity index (χ1v) is 14.0. The van der Waals surface area contributed by atoms with Gasteiger partial charge >= 0.3 is 5.97 Å². The summed E-state index contributed by atoms with van der Waals surface area (Å²) in [5, 5.41) is 11.3. The number of rotatable bonds is 12. The zero-order chi connectivity index (χ0) is 29.9. The third-order valence-electron chi connectivity index (χ3n) is 6.68. The molecule has 42 heavy (non-hydrogen) atoms. The highest BCUT2D eigenvalue weighted by molar-refractivity contribution is 6.02. The lowest BCUT2D eigenvalue weighted by atomic mass is 9.95. The van der Waals surface area contributed by atoms with Crippen molar-refractivity contribution in [2.75, 3.05) is 25.5 Å². The zero-order valence-electron chi connectivity index (χ0n) is 24.2. The second-order valence-corrected chi connectivity index (χ2v) is 9.74. The van der Waals surface area contributed by atoms with Gasteiger partial charge in [-0.15, -0.1) is 0 Å². The summed E-state index contributed by atoms with van der Waals surface area (Å²) in [4.78, 5) is 32.8. The Labute approximate surface area is 246 Å². The standard InChI is InChI=1S/C34H36N4O4/c1-4-20-38(3)33(39)26-15-18-28(30(21-26)34(40)42-23-24-10-7-6-8-11-24)29-12-9-19-36-31(29)22-37-27-16-13-25(14-17-27)32(35)41-5-2/h6-19,21,35,37H,4-5,20,22-23H2,1-3H3. The van der Waals surface area contributed by atoms with Gasteiger partial charge in [-0.2, -0.15) is 0 Å². The maximum Gasteiger partial charge on any atom is 0.339 e. The van der Waals surface area contributed by atoms with Crippen LogP contribution in [-0.2, 0) is 22.6 Å². The molecule has 1 amide bonds. The first kappa shape index (κ1) is 30.0. The monoisotopic (exact) mass is 564 g/mol. The number of nitrogens with zero attached hydrogens (tertiary/aromatic N) is 2. The van der Waals surface area contributed by atoms with Gasteiger partial charge in [0, 0.05) is 42.2 Å². The topological polar surface area (TPSA) is 105 Å². The molecule has 1 aromatic heterocycles. The van der Waals surface area contributed by atoms with Crippen LogP contribution in [0.5, 0.6) is 0 Å². The molecule has 0 saturated heterocycles. The fourth-order valence-corrected chi connectivity index (χ4v) is 4.52. The molecule has 8 nitrogen and oxygen atoms in total. The summed E-state index contributed by atoms with van der Waals surface area (Å²) in [6.45, 7) is 5.41. The van der Waals surface area contributed by atoms with Crippen molar-refractivity contribution >= 4 is 23.5 Å². The van der Waals surface area contributed by atoms with Gasteiger partial charge in [0.05, 0.1) is 24.4 Å². The van der Waals surface area contributed by atoms with E-state index in [2.05, 4.69) is 10.3 Å². The highest BCUT2D eigenvalue weighted by atomic mass is 16.5. The number of ether oxygens (including phenoxy) is 2. The van der Waals surface area contributed by atoms with Gasteiger partial charge in [-0.25, -0.2) is 4.79 Å². The second kappa shape index (κ2) is 14.6. The van der Waals surface area contributed by atoms with Crippen LogP contribution in [0.3, 0.4) is 0 Å². The van der Waals surface area contributed by atoms with E-state index in [4.69, 9.17) is 14.9 Å². The maximum absolute atomic E-state index is 13.5. The number of hydrogen-bond donors (Lipinski definition) is 2. The van der Waals surface area contributed by atoms with Crippen LogP contribution in [-0.4, -0.2) is 47.9 Å². The number of anilines is 1. The van der Waals surface area contributed by atoms with Crippen molar-refractivity contribution in [3.8, 4) is 11.1 Å². The number of nitrogens with one attached hydrogen (secondary N) is 2. The first-order valence-electron chi connectivity index (χ1n) is 14.0. The minimum atomic E-state index is -0.517. The number of aromatic nitrogens is 1. The molecule has 1 heterocycles. The van der Waals surface area contributed by atoms with Crippen molar-refractivity contribution in [3.63, 3.8) is 0 Å². The first-order chi connectivity index (χ1) is 20.4. The molecule has 0 aliphatic heterocycles. The molecular weight excluding hydrogens is 528 g/mol. The molecule has 4 aromatic rings. The van der Waals surface area contributed by atoms with Gasteiger partial charge in [-0.1, -0.05) is 49.4 Å². The Bertz CT molecular complexity index is 1520. The van der Waals surface area contributed by atoms with E-state index in [0.29, 0.717) is 42.0 Å². The molecule has 8 heteroatoms.